The molecular formula is C20H18N2O4. The molecule has 0 spiro atoms. The maximum Gasteiger partial charge on any atom is 0.276 e. The zero-order valence-electron chi connectivity index (χ0n) is 14.1. The van der Waals surface area contributed by atoms with Crippen LogP contribution in [0.5, 0.6) is 17.2 Å². The standard InChI is InChI=1S/C20H18N2O4/c23-19-17-7-6-16(26-15-4-2-1-3-5-15)12-14(17)13-21-18(19)20(24)22-8-10-25-11-9-22/h1-7,12-13,23H,8-11H2. The van der Waals surface area contributed by atoms with E-state index in [9.17, 15) is 9.90 Å². The molecule has 4 rings (SSSR count). The zero-order chi connectivity index (χ0) is 17.9. The summed E-state index contributed by atoms with van der Waals surface area (Å²) >= 11 is 0. The minimum Gasteiger partial charge on any atom is -0.505 e. The molecule has 3 aromatic rings. The third kappa shape index (κ3) is 3.19. The molecule has 1 N–H and O–H groups in total. The predicted molar refractivity (Wildman–Crippen MR) is 96.6 cm³/mol. The van der Waals surface area contributed by atoms with Gasteiger partial charge in [0, 0.05) is 30.1 Å². The number of pyridine rings is 1. The fourth-order valence-electron chi connectivity index (χ4n) is 2.95. The first-order chi connectivity index (χ1) is 12.7. The number of aromatic nitrogens is 1. The van der Waals surface area contributed by atoms with Gasteiger partial charge in [-0.1, -0.05) is 18.2 Å². The number of hydrogen-bond acceptors (Lipinski definition) is 5. The summed E-state index contributed by atoms with van der Waals surface area (Å²) in [5.74, 6) is 0.975. The smallest absolute Gasteiger partial charge is 0.276 e. The second-order valence-electron chi connectivity index (χ2n) is 6.02. The molecule has 0 bridgehead atoms. The number of amides is 1. The zero-order valence-corrected chi connectivity index (χ0v) is 14.1. The van der Waals surface area contributed by atoms with Gasteiger partial charge in [0.2, 0.25) is 0 Å². The Labute approximate surface area is 150 Å². The molecule has 26 heavy (non-hydrogen) atoms. The molecule has 0 radical (unpaired) electrons. The van der Waals surface area contributed by atoms with Crippen LogP contribution in [-0.4, -0.2) is 47.2 Å². The van der Waals surface area contributed by atoms with Crippen molar-refractivity contribution in [3.63, 3.8) is 0 Å². The van der Waals surface area contributed by atoms with Gasteiger partial charge < -0.3 is 19.5 Å². The van der Waals surface area contributed by atoms with Crippen LogP contribution >= 0.6 is 0 Å². The highest BCUT2D eigenvalue weighted by molar-refractivity contribution is 6.01. The summed E-state index contributed by atoms with van der Waals surface area (Å²) in [5, 5.41) is 11.8. The molecule has 0 saturated carbocycles. The van der Waals surface area contributed by atoms with Gasteiger partial charge in [-0.25, -0.2) is 4.98 Å². The van der Waals surface area contributed by atoms with Crippen molar-refractivity contribution in [2.75, 3.05) is 26.3 Å². The van der Waals surface area contributed by atoms with Gasteiger partial charge in [-0.05, 0) is 30.3 Å². The lowest BCUT2D eigenvalue weighted by molar-refractivity contribution is 0.0297. The highest BCUT2D eigenvalue weighted by Crippen LogP contribution is 2.32. The lowest BCUT2D eigenvalue weighted by Crippen LogP contribution is -2.41. The normalized spacial score (nSPS) is 14.4. The van der Waals surface area contributed by atoms with Crippen LogP contribution in [0.1, 0.15) is 10.5 Å². The third-order valence-corrected chi connectivity index (χ3v) is 4.31. The molecule has 2 heterocycles. The van der Waals surface area contributed by atoms with Crippen molar-refractivity contribution in [3.05, 3.63) is 60.4 Å². The van der Waals surface area contributed by atoms with Gasteiger partial charge in [0.1, 0.15) is 11.5 Å². The van der Waals surface area contributed by atoms with E-state index in [4.69, 9.17) is 9.47 Å². The largest absolute Gasteiger partial charge is 0.505 e. The van der Waals surface area contributed by atoms with Crippen molar-refractivity contribution in [1.82, 2.24) is 9.88 Å². The molecule has 1 aromatic heterocycles. The summed E-state index contributed by atoms with van der Waals surface area (Å²) in [6, 6.07) is 14.7. The number of nitrogens with zero attached hydrogens (tertiary/aromatic N) is 2. The SMILES string of the molecule is O=C(c1ncc2cc(Oc3ccccc3)ccc2c1O)N1CCOCC1. The molecule has 6 heteroatoms. The molecule has 0 atom stereocenters. The van der Waals surface area contributed by atoms with E-state index in [1.165, 1.54) is 0 Å². The Morgan fingerprint density at radius 3 is 2.62 bits per heavy atom. The first-order valence-corrected chi connectivity index (χ1v) is 8.44. The van der Waals surface area contributed by atoms with Gasteiger partial charge >= 0.3 is 0 Å². The minimum atomic E-state index is -0.280. The summed E-state index contributed by atoms with van der Waals surface area (Å²) in [5.41, 5.74) is 0.0659. The second kappa shape index (κ2) is 7.01. The number of fused-ring (bicyclic) bond motifs is 1. The lowest BCUT2D eigenvalue weighted by atomic mass is 10.1. The first-order valence-electron chi connectivity index (χ1n) is 8.44. The van der Waals surface area contributed by atoms with Gasteiger partial charge in [0.05, 0.1) is 13.2 Å². The fourth-order valence-corrected chi connectivity index (χ4v) is 2.95. The number of morpholine rings is 1. The van der Waals surface area contributed by atoms with Crippen LogP contribution in [0.2, 0.25) is 0 Å². The summed E-state index contributed by atoms with van der Waals surface area (Å²) in [7, 11) is 0. The molecule has 2 aromatic carbocycles. The van der Waals surface area contributed by atoms with E-state index in [-0.39, 0.29) is 17.4 Å². The number of hydrogen-bond donors (Lipinski definition) is 1. The van der Waals surface area contributed by atoms with Crippen molar-refractivity contribution in [2.24, 2.45) is 0 Å². The molecule has 1 aliphatic heterocycles. The Hall–Kier alpha value is -3.12. The van der Waals surface area contributed by atoms with Crippen LogP contribution in [0.25, 0.3) is 10.8 Å². The van der Waals surface area contributed by atoms with Crippen LogP contribution < -0.4 is 4.74 Å². The van der Waals surface area contributed by atoms with E-state index in [1.54, 1.807) is 29.3 Å². The maximum absolute atomic E-state index is 12.6. The van der Waals surface area contributed by atoms with Crippen molar-refractivity contribution in [2.45, 2.75) is 0 Å². The molecule has 1 amide bonds. The van der Waals surface area contributed by atoms with Crippen LogP contribution in [0.3, 0.4) is 0 Å². The summed E-state index contributed by atoms with van der Waals surface area (Å²) in [6.07, 6.45) is 1.58. The molecule has 0 aliphatic carbocycles. The van der Waals surface area contributed by atoms with Crippen molar-refractivity contribution in [3.8, 4) is 17.2 Å². The Morgan fingerprint density at radius 1 is 1.08 bits per heavy atom. The average Bonchev–Trinajstić information content (AvgIpc) is 2.69. The summed E-state index contributed by atoms with van der Waals surface area (Å²) in [6.45, 7) is 2.00. The number of carbonyl (C=O) groups is 1. The number of ether oxygens (including phenoxy) is 2. The molecule has 6 nitrogen and oxygen atoms in total. The topological polar surface area (TPSA) is 71.9 Å². The first kappa shape index (κ1) is 16.4. The molecular weight excluding hydrogens is 332 g/mol. The average molecular weight is 350 g/mol. The number of carbonyl (C=O) groups excluding carboxylic acids is 1. The van der Waals surface area contributed by atoms with Crippen molar-refractivity contribution >= 4 is 16.7 Å². The van der Waals surface area contributed by atoms with Crippen molar-refractivity contribution < 1.29 is 19.4 Å². The molecule has 1 aliphatic rings. The maximum atomic E-state index is 12.6. The predicted octanol–water partition coefficient (Wildman–Crippen LogP) is 3.21. The Morgan fingerprint density at radius 2 is 1.85 bits per heavy atom. The van der Waals surface area contributed by atoms with Gasteiger partial charge in [0.25, 0.3) is 5.91 Å². The van der Waals surface area contributed by atoms with E-state index in [2.05, 4.69) is 4.98 Å². The van der Waals surface area contributed by atoms with Crippen LogP contribution in [-0.2, 0) is 4.74 Å². The molecule has 1 fully saturated rings. The van der Waals surface area contributed by atoms with E-state index >= 15 is 0 Å². The van der Waals surface area contributed by atoms with Crippen LogP contribution in [0.15, 0.2) is 54.7 Å². The van der Waals surface area contributed by atoms with Gasteiger partial charge in [0.15, 0.2) is 11.4 Å². The number of para-hydroxylation sites is 1. The van der Waals surface area contributed by atoms with E-state index < -0.39 is 0 Å². The van der Waals surface area contributed by atoms with Crippen LogP contribution in [0.4, 0.5) is 0 Å². The highest BCUT2D eigenvalue weighted by Gasteiger charge is 2.23. The highest BCUT2D eigenvalue weighted by atomic mass is 16.5. The summed E-state index contributed by atoms with van der Waals surface area (Å²) < 4.78 is 11.1. The molecule has 132 valence electrons. The van der Waals surface area contributed by atoms with Gasteiger partial charge in [-0.2, -0.15) is 0 Å². The molecule has 1 saturated heterocycles. The van der Waals surface area contributed by atoms with E-state index in [0.717, 1.165) is 5.75 Å². The van der Waals surface area contributed by atoms with E-state index in [1.807, 2.05) is 30.3 Å². The Kier molecular flexibility index (Phi) is 4.41. The monoisotopic (exact) mass is 350 g/mol. The Bertz CT molecular complexity index is 937. The van der Waals surface area contributed by atoms with Crippen molar-refractivity contribution in [1.29, 1.82) is 0 Å². The lowest BCUT2D eigenvalue weighted by Gasteiger charge is -2.26. The second-order valence-corrected chi connectivity index (χ2v) is 6.02. The fraction of sp³-hybridized carbons (Fsp3) is 0.200. The quantitative estimate of drug-likeness (QED) is 0.785. The minimum absolute atomic E-state index is 0.0659. The van der Waals surface area contributed by atoms with Gasteiger partial charge in [-0.15, -0.1) is 0 Å². The third-order valence-electron chi connectivity index (χ3n) is 4.31. The number of aromatic hydroxyl groups is 1. The summed E-state index contributed by atoms with van der Waals surface area (Å²) in [4.78, 5) is 18.4. The van der Waals surface area contributed by atoms with Crippen LogP contribution in [0, 0.1) is 0 Å². The molecule has 0 unspecified atom stereocenters. The number of benzene rings is 2. The Balaban J connectivity index is 1.63. The van der Waals surface area contributed by atoms with Gasteiger partial charge in [-0.3, -0.25) is 4.79 Å². The van der Waals surface area contributed by atoms with E-state index in [0.29, 0.717) is 42.8 Å². The number of rotatable bonds is 3.